The smallest absolute Gasteiger partial charge is 0.393 e. The normalized spacial score (nSPS) is 21.9. The molecular formula is C15H19F3N2O3. The van der Waals surface area contributed by atoms with Crippen LogP contribution < -0.4 is 10.9 Å². The van der Waals surface area contributed by atoms with Crippen molar-refractivity contribution in [1.82, 2.24) is 9.88 Å². The number of carbonyl (C=O) groups is 1. The van der Waals surface area contributed by atoms with Gasteiger partial charge in [0.1, 0.15) is 12.1 Å². The van der Waals surface area contributed by atoms with Crippen molar-refractivity contribution >= 4 is 5.91 Å². The van der Waals surface area contributed by atoms with Crippen molar-refractivity contribution in [2.75, 3.05) is 6.54 Å². The number of amides is 1. The first-order valence-electron chi connectivity index (χ1n) is 7.49. The molecule has 23 heavy (non-hydrogen) atoms. The lowest BCUT2D eigenvalue weighted by Crippen LogP contribution is -2.37. The summed E-state index contributed by atoms with van der Waals surface area (Å²) in [6.07, 6.45) is -0.823. The van der Waals surface area contributed by atoms with Crippen molar-refractivity contribution in [3.05, 3.63) is 34.2 Å². The van der Waals surface area contributed by atoms with Crippen LogP contribution in [0, 0.1) is 5.92 Å². The number of nitrogens with one attached hydrogen (secondary N) is 1. The molecule has 8 heteroatoms. The second-order valence-corrected chi connectivity index (χ2v) is 5.84. The minimum atomic E-state index is -4.74. The van der Waals surface area contributed by atoms with E-state index in [1.54, 1.807) is 0 Å². The minimum Gasteiger partial charge on any atom is -0.393 e. The second kappa shape index (κ2) is 7.16. The number of halogens is 3. The number of aliphatic hydroxyl groups excluding tert-OH is 1. The number of pyridine rings is 1. The lowest BCUT2D eigenvalue weighted by atomic mass is 9.87. The van der Waals surface area contributed by atoms with E-state index >= 15 is 0 Å². The first-order chi connectivity index (χ1) is 10.8. The average Bonchev–Trinajstić information content (AvgIpc) is 2.46. The highest BCUT2D eigenvalue weighted by Gasteiger charge is 2.34. The van der Waals surface area contributed by atoms with Crippen LogP contribution in [0.5, 0.6) is 0 Å². The Morgan fingerprint density at radius 3 is 2.78 bits per heavy atom. The lowest BCUT2D eigenvalue weighted by Gasteiger charge is -2.25. The fraction of sp³-hybridized carbons (Fsp3) is 0.600. The molecule has 0 radical (unpaired) electrons. The molecule has 2 rings (SSSR count). The second-order valence-electron chi connectivity index (χ2n) is 5.84. The Balaban J connectivity index is 1.94. The summed E-state index contributed by atoms with van der Waals surface area (Å²) in [6, 6.07) is 1.79. The van der Waals surface area contributed by atoms with Gasteiger partial charge in [-0.15, -0.1) is 0 Å². The number of hydrogen-bond acceptors (Lipinski definition) is 3. The van der Waals surface area contributed by atoms with Gasteiger partial charge in [-0.05, 0) is 37.3 Å². The molecule has 5 nitrogen and oxygen atoms in total. The first-order valence-corrected chi connectivity index (χ1v) is 7.49. The van der Waals surface area contributed by atoms with E-state index in [1.807, 2.05) is 0 Å². The maximum absolute atomic E-state index is 12.7. The molecular weight excluding hydrogens is 313 g/mol. The molecule has 1 aliphatic rings. The van der Waals surface area contributed by atoms with Gasteiger partial charge in [-0.3, -0.25) is 9.59 Å². The highest BCUT2D eigenvalue weighted by Crippen LogP contribution is 2.26. The molecule has 1 aromatic rings. The summed E-state index contributed by atoms with van der Waals surface area (Å²) in [7, 11) is 0. The monoisotopic (exact) mass is 332 g/mol. The summed E-state index contributed by atoms with van der Waals surface area (Å²) in [5, 5.41) is 12.2. The molecule has 0 aromatic carbocycles. The highest BCUT2D eigenvalue weighted by molar-refractivity contribution is 5.75. The molecule has 2 N–H and O–H groups in total. The summed E-state index contributed by atoms with van der Waals surface area (Å²) in [5.74, 6) is -0.368. The van der Waals surface area contributed by atoms with E-state index in [9.17, 15) is 27.9 Å². The summed E-state index contributed by atoms with van der Waals surface area (Å²) in [5.41, 5.74) is -2.52. The Kier molecular flexibility index (Phi) is 5.46. The summed E-state index contributed by atoms with van der Waals surface area (Å²) in [4.78, 5) is 23.6. The topological polar surface area (TPSA) is 71.3 Å². The van der Waals surface area contributed by atoms with Gasteiger partial charge in [0.25, 0.3) is 5.56 Å². The zero-order chi connectivity index (χ0) is 17.0. The van der Waals surface area contributed by atoms with Crippen LogP contribution in [0.15, 0.2) is 23.1 Å². The van der Waals surface area contributed by atoms with Gasteiger partial charge < -0.3 is 15.0 Å². The fourth-order valence-corrected chi connectivity index (χ4v) is 2.79. The Bertz CT molecular complexity index is 613. The molecule has 0 bridgehead atoms. The number of hydrogen-bond donors (Lipinski definition) is 2. The van der Waals surface area contributed by atoms with Crippen molar-refractivity contribution in [3.63, 3.8) is 0 Å². The first kappa shape index (κ1) is 17.5. The van der Waals surface area contributed by atoms with Crippen LogP contribution in [0.25, 0.3) is 0 Å². The number of aliphatic hydroxyl groups is 1. The molecule has 0 spiro atoms. The van der Waals surface area contributed by atoms with E-state index in [0.717, 1.165) is 36.1 Å². The van der Waals surface area contributed by atoms with Crippen LogP contribution >= 0.6 is 0 Å². The van der Waals surface area contributed by atoms with Gasteiger partial charge in [0.05, 0.1) is 6.10 Å². The van der Waals surface area contributed by atoms with E-state index in [4.69, 9.17) is 0 Å². The SMILES string of the molecule is O=C(Cn1cccc(C(F)(F)F)c1=O)NCC1CCCC(O)C1. The summed E-state index contributed by atoms with van der Waals surface area (Å²) in [6.45, 7) is -0.109. The van der Waals surface area contributed by atoms with Crippen LogP contribution in [0.2, 0.25) is 0 Å². The molecule has 1 heterocycles. The van der Waals surface area contributed by atoms with E-state index in [1.165, 1.54) is 0 Å². The third kappa shape index (κ3) is 4.82. The summed E-state index contributed by atoms with van der Waals surface area (Å²) < 4.78 is 38.7. The predicted molar refractivity (Wildman–Crippen MR) is 76.7 cm³/mol. The Labute approximate surface area is 131 Å². The summed E-state index contributed by atoms with van der Waals surface area (Å²) >= 11 is 0. The Hall–Kier alpha value is -1.83. The van der Waals surface area contributed by atoms with E-state index < -0.39 is 29.8 Å². The van der Waals surface area contributed by atoms with Gasteiger partial charge in [0.15, 0.2) is 0 Å². The van der Waals surface area contributed by atoms with Gasteiger partial charge in [0.2, 0.25) is 5.91 Å². The molecule has 0 aliphatic heterocycles. The van der Waals surface area contributed by atoms with Crippen LogP contribution in [0.1, 0.15) is 31.2 Å². The molecule has 2 atom stereocenters. The largest absolute Gasteiger partial charge is 0.421 e. The zero-order valence-electron chi connectivity index (χ0n) is 12.5. The molecule has 2 unspecified atom stereocenters. The third-order valence-corrected chi connectivity index (χ3v) is 3.98. The number of alkyl halides is 3. The van der Waals surface area contributed by atoms with Gasteiger partial charge in [-0.1, -0.05) is 6.42 Å². The van der Waals surface area contributed by atoms with Crippen molar-refractivity contribution in [2.24, 2.45) is 5.92 Å². The van der Waals surface area contributed by atoms with E-state index in [0.29, 0.717) is 19.0 Å². The van der Waals surface area contributed by atoms with Gasteiger partial charge in [-0.2, -0.15) is 13.2 Å². The molecule has 1 saturated carbocycles. The highest BCUT2D eigenvalue weighted by atomic mass is 19.4. The van der Waals surface area contributed by atoms with Crippen molar-refractivity contribution < 1.29 is 23.1 Å². The predicted octanol–water partition coefficient (Wildman–Crippen LogP) is 1.53. The fourth-order valence-electron chi connectivity index (χ4n) is 2.79. The average molecular weight is 332 g/mol. The molecule has 1 aliphatic carbocycles. The van der Waals surface area contributed by atoms with Crippen LogP contribution in [-0.4, -0.2) is 28.2 Å². The molecule has 0 saturated heterocycles. The molecule has 1 amide bonds. The van der Waals surface area contributed by atoms with Gasteiger partial charge in [0, 0.05) is 12.7 Å². The van der Waals surface area contributed by atoms with Crippen LogP contribution in [0.4, 0.5) is 13.2 Å². The number of rotatable bonds is 4. The molecule has 1 aromatic heterocycles. The minimum absolute atomic E-state index is 0.154. The third-order valence-electron chi connectivity index (χ3n) is 3.98. The maximum Gasteiger partial charge on any atom is 0.421 e. The maximum atomic E-state index is 12.7. The van der Waals surface area contributed by atoms with Crippen LogP contribution in [-0.2, 0) is 17.5 Å². The van der Waals surface area contributed by atoms with Crippen LogP contribution in [0.3, 0.4) is 0 Å². The number of carbonyl (C=O) groups excluding carboxylic acids is 1. The Morgan fingerprint density at radius 1 is 1.39 bits per heavy atom. The van der Waals surface area contributed by atoms with Gasteiger partial charge in [-0.25, -0.2) is 0 Å². The Morgan fingerprint density at radius 2 is 2.13 bits per heavy atom. The van der Waals surface area contributed by atoms with Crippen molar-refractivity contribution in [2.45, 2.75) is 44.5 Å². The zero-order valence-corrected chi connectivity index (χ0v) is 12.5. The standard InChI is InChI=1S/C15H19F3N2O3/c16-15(17,18)12-5-2-6-20(14(12)23)9-13(22)19-8-10-3-1-4-11(21)7-10/h2,5-6,10-11,21H,1,3-4,7-9H2,(H,19,22). The van der Waals surface area contributed by atoms with Gasteiger partial charge >= 0.3 is 6.18 Å². The lowest BCUT2D eigenvalue weighted by molar-refractivity contribution is -0.139. The molecule has 1 fully saturated rings. The quantitative estimate of drug-likeness (QED) is 0.878. The number of nitrogens with zero attached hydrogens (tertiary/aromatic N) is 1. The molecule has 128 valence electrons. The van der Waals surface area contributed by atoms with Crippen molar-refractivity contribution in [1.29, 1.82) is 0 Å². The van der Waals surface area contributed by atoms with E-state index in [-0.39, 0.29) is 12.0 Å². The number of aromatic nitrogens is 1. The van der Waals surface area contributed by atoms with E-state index in [2.05, 4.69) is 5.32 Å². The van der Waals surface area contributed by atoms with Crippen molar-refractivity contribution in [3.8, 4) is 0 Å².